The third-order valence-corrected chi connectivity index (χ3v) is 5.16. The number of Topliss-reactive ketones (excluding diaryl/α,β-unsaturated/α-hetero) is 1. The van der Waals surface area contributed by atoms with Crippen LogP contribution >= 0.6 is 23.2 Å². The van der Waals surface area contributed by atoms with Gasteiger partial charge in [0.2, 0.25) is 0 Å². The fourth-order valence-electron chi connectivity index (χ4n) is 3.60. The first kappa shape index (κ1) is 17.5. The second-order valence-electron chi connectivity index (χ2n) is 6.75. The monoisotopic (exact) mass is 361 g/mol. The van der Waals surface area contributed by atoms with Gasteiger partial charge in [-0.25, -0.2) is 0 Å². The first-order chi connectivity index (χ1) is 11.5. The van der Waals surface area contributed by atoms with Crippen LogP contribution in [0.2, 0.25) is 10.0 Å². The minimum atomic E-state index is -0.0566. The van der Waals surface area contributed by atoms with Gasteiger partial charge in [-0.1, -0.05) is 61.3 Å². The first-order valence-electron chi connectivity index (χ1n) is 8.25. The number of rotatable bonds is 3. The number of halogens is 2. The van der Waals surface area contributed by atoms with E-state index in [-0.39, 0.29) is 23.9 Å². The van der Waals surface area contributed by atoms with Crippen molar-refractivity contribution in [2.75, 3.05) is 0 Å². The molecular weight excluding hydrogens is 341 g/mol. The molecule has 3 rings (SSSR count). The molecule has 2 nitrogen and oxygen atoms in total. The molecular formula is C20H21Cl2NO. The molecule has 1 fully saturated rings. The second kappa shape index (κ2) is 7.26. The summed E-state index contributed by atoms with van der Waals surface area (Å²) in [5.41, 5.74) is 2.10. The predicted octanol–water partition coefficient (Wildman–Crippen LogP) is 5.61. The van der Waals surface area contributed by atoms with Gasteiger partial charge in [-0.3, -0.25) is 4.79 Å². The van der Waals surface area contributed by atoms with Crippen molar-refractivity contribution in [2.45, 2.75) is 32.4 Å². The average molecular weight is 362 g/mol. The molecule has 3 atom stereocenters. The van der Waals surface area contributed by atoms with Crippen LogP contribution in [-0.2, 0) is 4.79 Å². The van der Waals surface area contributed by atoms with Gasteiger partial charge < -0.3 is 5.32 Å². The molecule has 0 radical (unpaired) electrons. The van der Waals surface area contributed by atoms with Crippen LogP contribution in [0.15, 0.2) is 48.5 Å². The van der Waals surface area contributed by atoms with Crippen LogP contribution in [0, 0.1) is 11.8 Å². The molecule has 0 bridgehead atoms. The molecule has 0 amide bonds. The molecule has 1 heterocycles. The Hall–Kier alpha value is -1.35. The molecule has 24 heavy (non-hydrogen) atoms. The van der Waals surface area contributed by atoms with E-state index in [0.29, 0.717) is 22.2 Å². The van der Waals surface area contributed by atoms with E-state index in [1.54, 1.807) is 0 Å². The topological polar surface area (TPSA) is 29.1 Å². The summed E-state index contributed by atoms with van der Waals surface area (Å²) in [6, 6.07) is 15.4. The molecule has 1 saturated heterocycles. The largest absolute Gasteiger partial charge is 0.302 e. The van der Waals surface area contributed by atoms with Crippen molar-refractivity contribution in [3.63, 3.8) is 0 Å². The molecule has 0 saturated carbocycles. The van der Waals surface area contributed by atoms with Crippen LogP contribution in [0.1, 0.15) is 43.5 Å². The summed E-state index contributed by atoms with van der Waals surface area (Å²) in [5.74, 6) is 0.492. The van der Waals surface area contributed by atoms with Crippen LogP contribution in [0.5, 0.6) is 0 Å². The van der Waals surface area contributed by atoms with Crippen molar-refractivity contribution < 1.29 is 4.79 Å². The molecule has 0 unspecified atom stereocenters. The second-order valence-corrected chi connectivity index (χ2v) is 7.62. The SMILES string of the molecule is CC(C)[C@@H]1C(=O)C[C@@H](c2cccc(Cl)c2)N[C@@H]1c1cccc(Cl)c1. The zero-order chi connectivity index (χ0) is 17.3. The van der Waals surface area contributed by atoms with E-state index in [2.05, 4.69) is 19.2 Å². The normalized spacial score (nSPS) is 24.4. The number of nitrogens with one attached hydrogen (secondary N) is 1. The molecule has 0 aliphatic carbocycles. The Morgan fingerprint density at radius 2 is 1.58 bits per heavy atom. The van der Waals surface area contributed by atoms with E-state index in [1.807, 2.05) is 48.5 Å². The lowest BCUT2D eigenvalue weighted by Gasteiger charge is -2.39. The summed E-state index contributed by atoms with van der Waals surface area (Å²) in [5, 5.41) is 5.04. The van der Waals surface area contributed by atoms with E-state index in [4.69, 9.17) is 23.2 Å². The quantitative estimate of drug-likeness (QED) is 0.769. The van der Waals surface area contributed by atoms with E-state index >= 15 is 0 Å². The Bertz CT molecular complexity index is 744. The highest BCUT2D eigenvalue weighted by Crippen LogP contribution is 2.39. The lowest BCUT2D eigenvalue weighted by atomic mass is 9.75. The fraction of sp³-hybridized carbons (Fsp3) is 0.350. The Balaban J connectivity index is 1.97. The number of ketones is 1. The summed E-state index contributed by atoms with van der Waals surface area (Å²) >= 11 is 12.3. The standard InChI is InChI=1S/C20H21Cl2NO/c1-12(2)19-18(24)11-17(13-5-3-7-15(21)9-13)23-20(19)14-6-4-8-16(22)10-14/h3-10,12,17,19-20,23H,11H2,1-2H3/t17-,19+,20+/m0/s1. The number of carbonyl (C=O) groups is 1. The number of piperidine rings is 1. The molecule has 1 aliphatic rings. The molecule has 1 aliphatic heterocycles. The van der Waals surface area contributed by atoms with E-state index in [0.717, 1.165) is 11.1 Å². The van der Waals surface area contributed by atoms with E-state index < -0.39 is 0 Å². The maximum absolute atomic E-state index is 12.9. The molecule has 4 heteroatoms. The minimum absolute atomic E-state index is 0.0322. The van der Waals surface area contributed by atoms with Gasteiger partial charge in [0.15, 0.2) is 0 Å². The first-order valence-corrected chi connectivity index (χ1v) is 9.01. The lowest BCUT2D eigenvalue weighted by Crippen LogP contribution is -2.44. The smallest absolute Gasteiger partial charge is 0.140 e. The molecule has 2 aromatic rings. The zero-order valence-electron chi connectivity index (χ0n) is 13.8. The van der Waals surface area contributed by atoms with Crippen LogP contribution in [-0.4, -0.2) is 5.78 Å². The van der Waals surface area contributed by atoms with Crippen molar-refractivity contribution in [2.24, 2.45) is 11.8 Å². The van der Waals surface area contributed by atoms with Crippen molar-refractivity contribution in [3.05, 3.63) is 69.7 Å². The third-order valence-electron chi connectivity index (χ3n) is 4.69. The summed E-state index contributed by atoms with van der Waals surface area (Å²) < 4.78 is 0. The zero-order valence-corrected chi connectivity index (χ0v) is 15.3. The minimum Gasteiger partial charge on any atom is -0.302 e. The molecule has 2 aromatic carbocycles. The van der Waals surface area contributed by atoms with Gasteiger partial charge in [0.1, 0.15) is 5.78 Å². The molecule has 0 spiro atoms. The summed E-state index contributed by atoms with van der Waals surface area (Å²) in [7, 11) is 0. The number of carbonyl (C=O) groups excluding carboxylic acids is 1. The third kappa shape index (κ3) is 3.66. The average Bonchev–Trinajstić information content (AvgIpc) is 2.53. The number of benzene rings is 2. The van der Waals surface area contributed by atoms with Crippen molar-refractivity contribution in [3.8, 4) is 0 Å². The molecule has 1 N–H and O–H groups in total. The van der Waals surface area contributed by atoms with Crippen molar-refractivity contribution in [1.29, 1.82) is 0 Å². The summed E-state index contributed by atoms with van der Waals surface area (Å²) in [6.07, 6.45) is 0.486. The maximum atomic E-state index is 12.9. The molecule has 0 aromatic heterocycles. The molecule has 126 valence electrons. The van der Waals surface area contributed by atoms with Gasteiger partial charge in [0.05, 0.1) is 0 Å². The summed E-state index contributed by atoms with van der Waals surface area (Å²) in [4.78, 5) is 12.9. The lowest BCUT2D eigenvalue weighted by molar-refractivity contribution is -0.128. The Kier molecular flexibility index (Phi) is 5.29. The van der Waals surface area contributed by atoms with Crippen molar-refractivity contribution in [1.82, 2.24) is 5.32 Å². The maximum Gasteiger partial charge on any atom is 0.140 e. The van der Waals surface area contributed by atoms with Gasteiger partial charge in [-0.2, -0.15) is 0 Å². The van der Waals surface area contributed by atoms with Gasteiger partial charge in [-0.15, -0.1) is 0 Å². The highest BCUT2D eigenvalue weighted by Gasteiger charge is 2.39. The van der Waals surface area contributed by atoms with Gasteiger partial charge in [0.25, 0.3) is 0 Å². The Morgan fingerprint density at radius 3 is 2.17 bits per heavy atom. The predicted molar refractivity (Wildman–Crippen MR) is 99.5 cm³/mol. The Labute approximate surface area is 153 Å². The van der Waals surface area contributed by atoms with Crippen LogP contribution in [0.25, 0.3) is 0 Å². The van der Waals surface area contributed by atoms with Crippen molar-refractivity contribution >= 4 is 29.0 Å². The highest BCUT2D eigenvalue weighted by atomic mass is 35.5. The van der Waals surface area contributed by atoms with Crippen LogP contribution < -0.4 is 5.32 Å². The van der Waals surface area contributed by atoms with Crippen LogP contribution in [0.3, 0.4) is 0 Å². The fourth-order valence-corrected chi connectivity index (χ4v) is 4.00. The Morgan fingerprint density at radius 1 is 1.00 bits per heavy atom. The number of hydrogen-bond acceptors (Lipinski definition) is 2. The number of hydrogen-bond donors (Lipinski definition) is 1. The van der Waals surface area contributed by atoms with E-state index in [9.17, 15) is 4.79 Å². The van der Waals surface area contributed by atoms with Gasteiger partial charge in [-0.05, 0) is 41.3 Å². The van der Waals surface area contributed by atoms with Gasteiger partial charge >= 0.3 is 0 Å². The van der Waals surface area contributed by atoms with E-state index in [1.165, 1.54) is 0 Å². The summed E-state index contributed by atoms with van der Waals surface area (Å²) in [6.45, 7) is 4.20. The highest BCUT2D eigenvalue weighted by molar-refractivity contribution is 6.30. The van der Waals surface area contributed by atoms with Gasteiger partial charge in [0, 0.05) is 34.5 Å². The van der Waals surface area contributed by atoms with Crippen LogP contribution in [0.4, 0.5) is 0 Å².